The molecule has 0 aliphatic carbocycles. The summed E-state index contributed by atoms with van der Waals surface area (Å²) in [6, 6.07) is 6.43. The number of aryl methyl sites for hydroxylation is 1. The Balaban J connectivity index is 2.17. The highest BCUT2D eigenvalue weighted by molar-refractivity contribution is 9.10. The molecular formula is C12H13BrN2S. The lowest BCUT2D eigenvalue weighted by Crippen LogP contribution is -1.93. The third-order valence-electron chi connectivity index (χ3n) is 2.38. The van der Waals surface area contributed by atoms with Gasteiger partial charge in [0.1, 0.15) is 5.01 Å². The molecule has 0 saturated heterocycles. The fourth-order valence-electron chi connectivity index (χ4n) is 1.54. The van der Waals surface area contributed by atoms with E-state index in [9.17, 15) is 0 Å². The maximum atomic E-state index is 5.54. The Labute approximate surface area is 108 Å². The van der Waals surface area contributed by atoms with Gasteiger partial charge in [-0.25, -0.2) is 4.98 Å². The van der Waals surface area contributed by atoms with E-state index in [1.807, 2.05) is 6.20 Å². The van der Waals surface area contributed by atoms with Crippen LogP contribution in [0, 0.1) is 6.92 Å². The van der Waals surface area contributed by atoms with Gasteiger partial charge < -0.3 is 5.73 Å². The maximum absolute atomic E-state index is 5.54. The Kier molecular flexibility index (Phi) is 3.74. The zero-order valence-corrected chi connectivity index (χ0v) is 11.4. The van der Waals surface area contributed by atoms with Crippen LogP contribution in [0.4, 0.5) is 0 Å². The summed E-state index contributed by atoms with van der Waals surface area (Å²) in [6.07, 6.45) is 2.86. The third kappa shape index (κ3) is 2.70. The van der Waals surface area contributed by atoms with Crippen LogP contribution >= 0.6 is 27.3 Å². The number of nitrogens with zero attached hydrogens (tertiary/aromatic N) is 1. The van der Waals surface area contributed by atoms with E-state index in [4.69, 9.17) is 5.73 Å². The quantitative estimate of drug-likeness (QED) is 0.944. The highest BCUT2D eigenvalue weighted by Crippen LogP contribution is 2.21. The van der Waals surface area contributed by atoms with Gasteiger partial charge in [0, 0.05) is 28.5 Å². The van der Waals surface area contributed by atoms with Crippen molar-refractivity contribution in [2.45, 2.75) is 19.9 Å². The summed E-state index contributed by atoms with van der Waals surface area (Å²) >= 11 is 5.19. The Hall–Kier alpha value is -0.710. The number of hydrogen-bond acceptors (Lipinski definition) is 3. The minimum absolute atomic E-state index is 0.532. The van der Waals surface area contributed by atoms with Crippen molar-refractivity contribution in [2.75, 3.05) is 0 Å². The second-order valence-electron chi connectivity index (χ2n) is 3.68. The molecule has 2 rings (SSSR count). The summed E-state index contributed by atoms with van der Waals surface area (Å²) in [7, 11) is 0. The molecule has 0 spiro atoms. The van der Waals surface area contributed by atoms with Gasteiger partial charge in [-0.2, -0.15) is 0 Å². The van der Waals surface area contributed by atoms with E-state index in [1.165, 1.54) is 16.0 Å². The Bertz CT molecular complexity index is 494. The maximum Gasteiger partial charge on any atom is 0.106 e. The molecule has 1 aromatic heterocycles. The minimum atomic E-state index is 0.532. The Morgan fingerprint density at radius 2 is 2.25 bits per heavy atom. The van der Waals surface area contributed by atoms with Crippen LogP contribution in [-0.4, -0.2) is 4.98 Å². The lowest BCUT2D eigenvalue weighted by Gasteiger charge is -2.02. The molecule has 1 aromatic carbocycles. The fraction of sp³-hybridized carbons (Fsp3) is 0.250. The molecule has 0 amide bonds. The van der Waals surface area contributed by atoms with Crippen LogP contribution < -0.4 is 5.73 Å². The third-order valence-corrected chi connectivity index (χ3v) is 4.29. The normalized spacial score (nSPS) is 10.7. The molecule has 0 saturated carbocycles. The predicted molar refractivity (Wildman–Crippen MR) is 71.7 cm³/mol. The van der Waals surface area contributed by atoms with Crippen molar-refractivity contribution < 1.29 is 0 Å². The zero-order valence-electron chi connectivity index (χ0n) is 9.03. The van der Waals surface area contributed by atoms with Crippen molar-refractivity contribution in [3.63, 3.8) is 0 Å². The SMILES string of the molecule is Cc1cc(Cc2cnc(CN)s2)ccc1Br. The predicted octanol–water partition coefficient (Wildman–Crippen LogP) is 3.26. The van der Waals surface area contributed by atoms with Crippen LogP contribution in [0.5, 0.6) is 0 Å². The largest absolute Gasteiger partial charge is 0.325 e. The summed E-state index contributed by atoms with van der Waals surface area (Å²) in [4.78, 5) is 5.52. The monoisotopic (exact) mass is 296 g/mol. The number of halogens is 1. The number of aromatic nitrogens is 1. The lowest BCUT2D eigenvalue weighted by atomic mass is 10.1. The van der Waals surface area contributed by atoms with Gasteiger partial charge in [0.25, 0.3) is 0 Å². The summed E-state index contributed by atoms with van der Waals surface area (Å²) in [6.45, 7) is 2.63. The van der Waals surface area contributed by atoms with Crippen LogP contribution in [0.3, 0.4) is 0 Å². The van der Waals surface area contributed by atoms with Crippen LogP contribution in [0.25, 0.3) is 0 Å². The molecule has 2 N–H and O–H groups in total. The van der Waals surface area contributed by atoms with Crippen LogP contribution in [0.1, 0.15) is 21.0 Å². The summed E-state index contributed by atoms with van der Waals surface area (Å²) in [5, 5.41) is 1.00. The van der Waals surface area contributed by atoms with Crippen molar-refractivity contribution in [1.29, 1.82) is 0 Å². The summed E-state index contributed by atoms with van der Waals surface area (Å²) in [5.41, 5.74) is 8.12. The van der Waals surface area contributed by atoms with Gasteiger partial charge >= 0.3 is 0 Å². The molecule has 16 heavy (non-hydrogen) atoms. The fourth-order valence-corrected chi connectivity index (χ4v) is 2.62. The number of thiazole rings is 1. The highest BCUT2D eigenvalue weighted by atomic mass is 79.9. The van der Waals surface area contributed by atoms with Gasteiger partial charge in [0.05, 0.1) is 0 Å². The average Bonchev–Trinajstić information content (AvgIpc) is 2.71. The van der Waals surface area contributed by atoms with E-state index in [-0.39, 0.29) is 0 Å². The second kappa shape index (κ2) is 5.08. The summed E-state index contributed by atoms with van der Waals surface area (Å²) < 4.78 is 1.16. The molecule has 2 nitrogen and oxygen atoms in total. The number of nitrogens with two attached hydrogens (primary N) is 1. The average molecular weight is 297 g/mol. The van der Waals surface area contributed by atoms with Gasteiger partial charge in [-0.15, -0.1) is 11.3 Å². The molecule has 84 valence electrons. The van der Waals surface area contributed by atoms with Crippen molar-refractivity contribution >= 4 is 27.3 Å². The molecule has 0 aliphatic rings. The molecule has 0 atom stereocenters. The first kappa shape index (κ1) is 11.8. The van der Waals surface area contributed by atoms with Gasteiger partial charge in [-0.3, -0.25) is 0 Å². The first-order valence-electron chi connectivity index (χ1n) is 5.07. The summed E-state index contributed by atoms with van der Waals surface area (Å²) in [5.74, 6) is 0. The number of rotatable bonds is 3. The van der Waals surface area contributed by atoms with Crippen LogP contribution in [0.2, 0.25) is 0 Å². The van der Waals surface area contributed by atoms with Crippen molar-refractivity contribution in [3.8, 4) is 0 Å². The van der Waals surface area contributed by atoms with E-state index < -0.39 is 0 Å². The van der Waals surface area contributed by atoms with E-state index in [0.717, 1.165) is 15.9 Å². The molecule has 0 aliphatic heterocycles. The van der Waals surface area contributed by atoms with E-state index in [2.05, 4.69) is 46.0 Å². The number of hydrogen-bond donors (Lipinski definition) is 1. The first-order chi connectivity index (χ1) is 7.69. The van der Waals surface area contributed by atoms with Gasteiger partial charge in [0.15, 0.2) is 0 Å². The van der Waals surface area contributed by atoms with E-state index in [0.29, 0.717) is 6.54 Å². The van der Waals surface area contributed by atoms with Gasteiger partial charge in [0.2, 0.25) is 0 Å². The molecule has 1 heterocycles. The van der Waals surface area contributed by atoms with Crippen LogP contribution in [0.15, 0.2) is 28.9 Å². The highest BCUT2D eigenvalue weighted by Gasteiger charge is 2.03. The molecule has 0 unspecified atom stereocenters. The molecule has 2 aromatic rings. The standard InChI is InChI=1S/C12H13BrN2S/c1-8-4-9(2-3-11(8)13)5-10-7-15-12(6-14)16-10/h2-4,7H,5-6,14H2,1H3. The number of benzene rings is 1. The molecule has 0 bridgehead atoms. The topological polar surface area (TPSA) is 38.9 Å². The minimum Gasteiger partial charge on any atom is -0.325 e. The molecule has 0 fully saturated rings. The lowest BCUT2D eigenvalue weighted by molar-refractivity contribution is 1.04. The second-order valence-corrected chi connectivity index (χ2v) is 5.74. The Morgan fingerprint density at radius 3 is 2.88 bits per heavy atom. The van der Waals surface area contributed by atoms with Gasteiger partial charge in [-0.05, 0) is 24.1 Å². The van der Waals surface area contributed by atoms with E-state index >= 15 is 0 Å². The Morgan fingerprint density at radius 1 is 1.44 bits per heavy atom. The van der Waals surface area contributed by atoms with Crippen molar-refractivity contribution in [1.82, 2.24) is 4.98 Å². The van der Waals surface area contributed by atoms with Crippen molar-refractivity contribution in [3.05, 3.63) is 49.9 Å². The van der Waals surface area contributed by atoms with Crippen LogP contribution in [-0.2, 0) is 13.0 Å². The molecule has 0 radical (unpaired) electrons. The first-order valence-corrected chi connectivity index (χ1v) is 6.68. The smallest absolute Gasteiger partial charge is 0.106 e. The van der Waals surface area contributed by atoms with Gasteiger partial charge in [-0.1, -0.05) is 28.1 Å². The van der Waals surface area contributed by atoms with Crippen molar-refractivity contribution in [2.24, 2.45) is 5.73 Å². The molecule has 4 heteroatoms. The molecular weight excluding hydrogens is 284 g/mol. The van der Waals surface area contributed by atoms with E-state index in [1.54, 1.807) is 11.3 Å². The zero-order chi connectivity index (χ0) is 11.5.